The third-order valence-corrected chi connectivity index (χ3v) is 6.00. The number of nitrogens with zero attached hydrogens (tertiary/aromatic N) is 1. The van der Waals surface area contributed by atoms with Gasteiger partial charge in [0.15, 0.2) is 6.10 Å². The van der Waals surface area contributed by atoms with Crippen LogP contribution in [0.4, 0.5) is 16.2 Å². The van der Waals surface area contributed by atoms with Crippen molar-refractivity contribution in [3.63, 3.8) is 0 Å². The molecule has 2 heterocycles. The number of urea groups is 1. The summed E-state index contributed by atoms with van der Waals surface area (Å²) in [7, 11) is 0. The number of rotatable bonds is 3. The SMILES string of the molecule is C[C@@H]1Oc2ccc(NC(=O)CN3C(=O)N[C@@]4(CCCC[C@@H]4C)C3=O)cc2NC1=O. The summed E-state index contributed by atoms with van der Waals surface area (Å²) in [6.45, 7) is 3.24. The molecule has 0 aromatic heterocycles. The molecule has 29 heavy (non-hydrogen) atoms. The van der Waals surface area contributed by atoms with E-state index in [0.29, 0.717) is 23.5 Å². The molecule has 1 spiro atoms. The zero-order chi connectivity index (χ0) is 20.8. The lowest BCUT2D eigenvalue weighted by Crippen LogP contribution is -2.54. The van der Waals surface area contributed by atoms with Crippen LogP contribution in [0.15, 0.2) is 18.2 Å². The Kier molecular flexibility index (Phi) is 4.68. The van der Waals surface area contributed by atoms with Crippen LogP contribution in [-0.2, 0) is 14.4 Å². The van der Waals surface area contributed by atoms with Crippen LogP contribution in [0, 0.1) is 5.92 Å². The number of carbonyl (C=O) groups is 4. The Labute approximate surface area is 168 Å². The molecular weight excluding hydrogens is 376 g/mol. The normalized spacial score (nSPS) is 28.5. The molecule has 9 nitrogen and oxygen atoms in total. The minimum absolute atomic E-state index is 0.0346. The number of amides is 5. The van der Waals surface area contributed by atoms with E-state index in [1.54, 1.807) is 25.1 Å². The molecule has 0 bridgehead atoms. The lowest BCUT2D eigenvalue weighted by atomic mass is 9.73. The van der Waals surface area contributed by atoms with E-state index in [1.807, 2.05) is 6.92 Å². The molecule has 1 saturated heterocycles. The van der Waals surface area contributed by atoms with Crippen LogP contribution >= 0.6 is 0 Å². The van der Waals surface area contributed by atoms with Crippen LogP contribution in [0.3, 0.4) is 0 Å². The number of ether oxygens (including phenoxy) is 1. The van der Waals surface area contributed by atoms with Crippen LogP contribution in [0.1, 0.15) is 39.5 Å². The fourth-order valence-electron chi connectivity index (χ4n) is 4.27. The van der Waals surface area contributed by atoms with E-state index < -0.39 is 23.6 Å². The van der Waals surface area contributed by atoms with Crippen molar-refractivity contribution in [3.8, 4) is 5.75 Å². The van der Waals surface area contributed by atoms with Gasteiger partial charge >= 0.3 is 6.03 Å². The van der Waals surface area contributed by atoms with Crippen molar-refractivity contribution in [2.45, 2.75) is 51.2 Å². The molecule has 3 atom stereocenters. The summed E-state index contributed by atoms with van der Waals surface area (Å²) in [6, 6.07) is 4.33. The Morgan fingerprint density at radius 3 is 2.83 bits per heavy atom. The molecule has 3 N–H and O–H groups in total. The number of benzene rings is 1. The quantitative estimate of drug-likeness (QED) is 0.670. The molecule has 1 aromatic rings. The van der Waals surface area contributed by atoms with E-state index in [0.717, 1.165) is 24.2 Å². The fraction of sp³-hybridized carbons (Fsp3) is 0.500. The van der Waals surface area contributed by atoms with Gasteiger partial charge in [-0.05, 0) is 43.9 Å². The van der Waals surface area contributed by atoms with Gasteiger partial charge in [0.25, 0.3) is 11.8 Å². The molecule has 1 aliphatic carbocycles. The minimum Gasteiger partial charge on any atom is -0.479 e. The van der Waals surface area contributed by atoms with Gasteiger partial charge in [-0.15, -0.1) is 0 Å². The van der Waals surface area contributed by atoms with Crippen molar-refractivity contribution in [2.75, 3.05) is 17.2 Å². The zero-order valence-corrected chi connectivity index (χ0v) is 16.4. The maximum atomic E-state index is 12.9. The molecule has 3 aliphatic rings. The van der Waals surface area contributed by atoms with Crippen LogP contribution in [0.2, 0.25) is 0 Å². The Hall–Kier alpha value is -3.10. The Bertz CT molecular complexity index is 901. The van der Waals surface area contributed by atoms with Crippen LogP contribution in [0.5, 0.6) is 5.75 Å². The lowest BCUT2D eigenvalue weighted by molar-refractivity contribution is -0.136. The van der Waals surface area contributed by atoms with Crippen LogP contribution in [-0.4, -0.2) is 46.8 Å². The van der Waals surface area contributed by atoms with Gasteiger partial charge in [0.2, 0.25) is 5.91 Å². The maximum Gasteiger partial charge on any atom is 0.325 e. The largest absolute Gasteiger partial charge is 0.479 e. The second-order valence-corrected chi connectivity index (χ2v) is 7.95. The smallest absolute Gasteiger partial charge is 0.325 e. The summed E-state index contributed by atoms with van der Waals surface area (Å²) in [5.41, 5.74) is -0.00407. The first-order valence-electron chi connectivity index (χ1n) is 9.86. The lowest BCUT2D eigenvalue weighted by Gasteiger charge is -2.36. The molecule has 0 radical (unpaired) electrons. The minimum atomic E-state index is -0.889. The number of hydrogen-bond acceptors (Lipinski definition) is 5. The highest BCUT2D eigenvalue weighted by Crippen LogP contribution is 2.38. The van der Waals surface area contributed by atoms with Crippen molar-refractivity contribution in [2.24, 2.45) is 5.92 Å². The predicted molar refractivity (Wildman–Crippen MR) is 104 cm³/mol. The van der Waals surface area contributed by atoms with Gasteiger partial charge < -0.3 is 20.7 Å². The first kappa shape index (κ1) is 19.2. The highest BCUT2D eigenvalue weighted by atomic mass is 16.5. The zero-order valence-electron chi connectivity index (χ0n) is 16.4. The Morgan fingerprint density at radius 2 is 2.07 bits per heavy atom. The molecule has 9 heteroatoms. The molecule has 0 unspecified atom stereocenters. The second-order valence-electron chi connectivity index (χ2n) is 7.95. The van der Waals surface area contributed by atoms with Crippen LogP contribution in [0.25, 0.3) is 0 Å². The molecule has 1 aromatic carbocycles. The summed E-state index contributed by atoms with van der Waals surface area (Å²) in [5.74, 6) is -0.549. The van der Waals surface area contributed by atoms with Gasteiger partial charge in [-0.1, -0.05) is 19.8 Å². The van der Waals surface area contributed by atoms with Crippen molar-refractivity contribution in [3.05, 3.63) is 18.2 Å². The van der Waals surface area contributed by atoms with Gasteiger partial charge in [-0.2, -0.15) is 0 Å². The molecular formula is C20H24N4O5. The summed E-state index contributed by atoms with van der Waals surface area (Å²) < 4.78 is 5.48. The van der Waals surface area contributed by atoms with E-state index in [1.165, 1.54) is 0 Å². The van der Waals surface area contributed by atoms with Gasteiger partial charge in [-0.3, -0.25) is 19.3 Å². The summed E-state index contributed by atoms with van der Waals surface area (Å²) >= 11 is 0. The van der Waals surface area contributed by atoms with Gasteiger partial charge in [-0.25, -0.2) is 4.79 Å². The van der Waals surface area contributed by atoms with E-state index in [9.17, 15) is 19.2 Å². The average molecular weight is 400 g/mol. The topological polar surface area (TPSA) is 117 Å². The van der Waals surface area contributed by atoms with Crippen molar-refractivity contribution in [1.29, 1.82) is 0 Å². The van der Waals surface area contributed by atoms with Crippen molar-refractivity contribution in [1.82, 2.24) is 10.2 Å². The average Bonchev–Trinajstić information content (AvgIpc) is 2.90. The molecule has 1 saturated carbocycles. The first-order valence-corrected chi connectivity index (χ1v) is 9.86. The number of carbonyl (C=O) groups excluding carboxylic acids is 4. The maximum absolute atomic E-state index is 12.9. The van der Waals surface area contributed by atoms with Gasteiger partial charge in [0.05, 0.1) is 5.69 Å². The fourth-order valence-corrected chi connectivity index (χ4v) is 4.27. The number of imide groups is 1. The summed E-state index contributed by atoms with van der Waals surface area (Å²) in [4.78, 5) is 50.6. The van der Waals surface area contributed by atoms with Crippen molar-refractivity contribution >= 4 is 35.1 Å². The van der Waals surface area contributed by atoms with E-state index in [4.69, 9.17) is 4.74 Å². The number of nitrogens with one attached hydrogen (secondary N) is 3. The third-order valence-electron chi connectivity index (χ3n) is 6.00. The summed E-state index contributed by atoms with van der Waals surface area (Å²) in [5, 5.41) is 8.21. The monoisotopic (exact) mass is 400 g/mol. The number of anilines is 2. The second kappa shape index (κ2) is 7.06. The molecule has 5 amide bonds. The number of fused-ring (bicyclic) bond motifs is 1. The van der Waals surface area contributed by atoms with E-state index in [2.05, 4.69) is 16.0 Å². The Morgan fingerprint density at radius 1 is 1.28 bits per heavy atom. The standard InChI is InChI=1S/C20H24N4O5/c1-11-5-3-4-8-20(11)18(27)24(19(28)23-20)10-16(25)21-13-6-7-15-14(9-13)22-17(26)12(2)29-15/h6-7,9,11-12H,3-5,8,10H2,1-2H3,(H,21,25)(H,22,26)(H,23,28)/t11-,12-,20+/m0/s1. The Balaban J connectivity index is 1.44. The van der Waals surface area contributed by atoms with Gasteiger partial charge in [0.1, 0.15) is 17.8 Å². The highest BCUT2D eigenvalue weighted by Gasteiger charge is 2.55. The number of hydrogen-bond donors (Lipinski definition) is 3. The summed E-state index contributed by atoms with van der Waals surface area (Å²) in [6.07, 6.45) is 2.78. The van der Waals surface area contributed by atoms with E-state index >= 15 is 0 Å². The predicted octanol–water partition coefficient (Wildman–Crippen LogP) is 1.85. The molecule has 2 fully saturated rings. The molecule has 154 valence electrons. The molecule has 2 aliphatic heterocycles. The van der Waals surface area contributed by atoms with Gasteiger partial charge in [0, 0.05) is 5.69 Å². The van der Waals surface area contributed by atoms with Crippen molar-refractivity contribution < 1.29 is 23.9 Å². The van der Waals surface area contributed by atoms with Crippen LogP contribution < -0.4 is 20.7 Å². The van der Waals surface area contributed by atoms with E-state index in [-0.39, 0.29) is 24.3 Å². The highest BCUT2D eigenvalue weighted by molar-refractivity contribution is 6.10. The molecule has 4 rings (SSSR count). The first-order chi connectivity index (χ1) is 13.8. The third kappa shape index (κ3) is 3.30.